The lowest BCUT2D eigenvalue weighted by Gasteiger charge is -2.48. The van der Waals surface area contributed by atoms with Crippen LogP contribution >= 0.6 is 0 Å². The van der Waals surface area contributed by atoms with E-state index in [2.05, 4.69) is 6.58 Å². The maximum absolute atomic E-state index is 12.2. The van der Waals surface area contributed by atoms with Crippen molar-refractivity contribution in [2.75, 3.05) is 13.7 Å². The van der Waals surface area contributed by atoms with Crippen molar-refractivity contribution in [3.8, 4) is 0 Å². The van der Waals surface area contributed by atoms with E-state index in [1.807, 2.05) is 91.0 Å². The largest absolute Gasteiger partial charge is 0.462 e. The molecule has 1 saturated heterocycles. The molecule has 45 heavy (non-hydrogen) atoms. The summed E-state index contributed by atoms with van der Waals surface area (Å²) in [4.78, 5) is 23.9. The van der Waals surface area contributed by atoms with Crippen molar-refractivity contribution in [1.82, 2.24) is 0 Å². The Kier molecular flexibility index (Phi) is 13.3. The lowest BCUT2D eigenvalue weighted by atomic mass is 9.85. The smallest absolute Gasteiger partial charge is 0.303 e. The van der Waals surface area contributed by atoms with Gasteiger partial charge in [-0.15, -0.1) is 6.58 Å². The fourth-order valence-corrected chi connectivity index (χ4v) is 5.32. The third kappa shape index (κ3) is 10.1. The minimum absolute atomic E-state index is 0.196. The zero-order valence-corrected chi connectivity index (χ0v) is 26.0. The minimum atomic E-state index is -0.911. The van der Waals surface area contributed by atoms with Crippen molar-refractivity contribution in [1.29, 1.82) is 0 Å². The molecule has 7 atom stereocenters. The lowest BCUT2D eigenvalue weighted by molar-refractivity contribution is -0.326. The van der Waals surface area contributed by atoms with Crippen molar-refractivity contribution >= 4 is 11.9 Å². The Labute approximate surface area is 265 Å². The highest BCUT2D eigenvalue weighted by Gasteiger charge is 2.52. The fourth-order valence-electron chi connectivity index (χ4n) is 5.32. The summed E-state index contributed by atoms with van der Waals surface area (Å²) in [6.45, 7) is 7.21. The molecule has 240 valence electrons. The molecule has 1 heterocycles. The molecule has 2 unspecified atom stereocenters. The van der Waals surface area contributed by atoms with E-state index in [0.717, 1.165) is 16.7 Å². The van der Waals surface area contributed by atoms with Gasteiger partial charge in [0, 0.05) is 26.9 Å². The normalized spacial score (nSPS) is 22.6. The van der Waals surface area contributed by atoms with E-state index in [9.17, 15) is 9.59 Å². The number of carbonyl (C=O) groups is 2. The van der Waals surface area contributed by atoms with Gasteiger partial charge in [-0.2, -0.15) is 0 Å². The molecule has 0 amide bonds. The molecule has 9 heteroatoms. The Morgan fingerprint density at radius 3 is 1.62 bits per heavy atom. The Morgan fingerprint density at radius 1 is 0.733 bits per heavy atom. The van der Waals surface area contributed by atoms with Gasteiger partial charge in [-0.25, -0.2) is 0 Å². The molecule has 0 aromatic heterocycles. The van der Waals surface area contributed by atoms with E-state index in [1.165, 1.54) is 21.0 Å². The number of hydrogen-bond donors (Lipinski definition) is 0. The van der Waals surface area contributed by atoms with Gasteiger partial charge in [-0.3, -0.25) is 9.59 Å². The predicted octanol–water partition coefficient (Wildman–Crippen LogP) is 5.41. The number of ether oxygens (including phenoxy) is 7. The fraction of sp³-hybridized carbons (Fsp3) is 0.389. The van der Waals surface area contributed by atoms with Crippen molar-refractivity contribution in [2.24, 2.45) is 5.92 Å². The van der Waals surface area contributed by atoms with E-state index in [-0.39, 0.29) is 26.4 Å². The van der Waals surface area contributed by atoms with Crippen LogP contribution in [0.2, 0.25) is 0 Å². The van der Waals surface area contributed by atoms with E-state index < -0.39 is 54.7 Å². The van der Waals surface area contributed by atoms with Crippen molar-refractivity contribution in [3.63, 3.8) is 0 Å². The van der Waals surface area contributed by atoms with Crippen LogP contribution in [0.15, 0.2) is 104 Å². The first-order chi connectivity index (χ1) is 21.9. The second-order valence-corrected chi connectivity index (χ2v) is 10.8. The summed E-state index contributed by atoms with van der Waals surface area (Å²) in [5.41, 5.74) is 2.88. The van der Waals surface area contributed by atoms with Gasteiger partial charge in [-0.05, 0) is 16.7 Å². The minimum Gasteiger partial charge on any atom is -0.462 e. The number of benzene rings is 3. The summed E-state index contributed by atoms with van der Waals surface area (Å²) >= 11 is 0. The number of rotatable bonds is 16. The maximum Gasteiger partial charge on any atom is 0.303 e. The summed E-state index contributed by atoms with van der Waals surface area (Å²) in [6.07, 6.45) is -3.13. The molecule has 0 N–H and O–H groups in total. The van der Waals surface area contributed by atoms with Crippen LogP contribution < -0.4 is 0 Å². The molecule has 9 nitrogen and oxygen atoms in total. The van der Waals surface area contributed by atoms with E-state index >= 15 is 0 Å². The number of esters is 2. The van der Waals surface area contributed by atoms with Crippen LogP contribution in [0.1, 0.15) is 30.5 Å². The van der Waals surface area contributed by atoms with Crippen molar-refractivity contribution in [3.05, 3.63) is 120 Å². The third-order valence-electron chi connectivity index (χ3n) is 7.47. The quantitative estimate of drug-likeness (QED) is 0.154. The van der Waals surface area contributed by atoms with Crippen LogP contribution in [0, 0.1) is 5.92 Å². The summed E-state index contributed by atoms with van der Waals surface area (Å²) < 4.78 is 43.2. The zero-order chi connectivity index (χ0) is 32.0. The second kappa shape index (κ2) is 17.6. The van der Waals surface area contributed by atoms with Crippen LogP contribution in [0.5, 0.6) is 0 Å². The standard InChI is InChI=1S/C36H42O9/c1-5-30(31(44-26(3)38)24-40-25(2)37)32-33(41-21-27-15-9-6-10-16-27)34(42-22-28-17-11-7-12-18-28)35(36(39-4)45-32)43-23-29-19-13-8-14-20-29/h5-20,30-36H,1,21-24H2,2-4H3/t30?,31?,32-,33-,34+,35+,36+/m1/s1. The predicted molar refractivity (Wildman–Crippen MR) is 167 cm³/mol. The molecule has 1 aliphatic rings. The first kappa shape index (κ1) is 34.0. The second-order valence-electron chi connectivity index (χ2n) is 10.8. The van der Waals surface area contributed by atoms with Gasteiger partial charge in [-0.1, -0.05) is 97.1 Å². The highest BCUT2D eigenvalue weighted by atomic mass is 16.7. The molecule has 0 radical (unpaired) electrons. The molecule has 3 aromatic rings. The molecule has 0 saturated carbocycles. The van der Waals surface area contributed by atoms with E-state index in [4.69, 9.17) is 33.2 Å². The van der Waals surface area contributed by atoms with E-state index in [1.54, 1.807) is 6.08 Å². The van der Waals surface area contributed by atoms with E-state index in [0.29, 0.717) is 0 Å². The Bertz CT molecular complexity index is 1320. The van der Waals surface area contributed by atoms with Gasteiger partial charge >= 0.3 is 11.9 Å². The average molecular weight is 619 g/mol. The zero-order valence-electron chi connectivity index (χ0n) is 26.0. The SMILES string of the molecule is C=CC(C(COC(C)=O)OC(C)=O)[C@H]1O[C@H](OC)[C@@H](OCc2ccccc2)[C@@H](OCc2ccccc2)[C@@H]1OCc1ccccc1. The Morgan fingerprint density at radius 2 is 1.20 bits per heavy atom. The van der Waals surface area contributed by atoms with Crippen molar-refractivity contribution in [2.45, 2.75) is 70.5 Å². The van der Waals surface area contributed by atoms with Crippen LogP contribution in [-0.2, 0) is 62.6 Å². The monoisotopic (exact) mass is 618 g/mol. The average Bonchev–Trinajstić information content (AvgIpc) is 3.06. The van der Waals surface area contributed by atoms with Crippen molar-refractivity contribution < 1.29 is 42.7 Å². The van der Waals surface area contributed by atoms with Gasteiger partial charge in [0.1, 0.15) is 31.0 Å². The number of methoxy groups -OCH3 is 1. The van der Waals surface area contributed by atoms with Gasteiger partial charge < -0.3 is 33.2 Å². The molecular formula is C36H42O9. The van der Waals surface area contributed by atoms with Gasteiger partial charge in [0.25, 0.3) is 0 Å². The Balaban J connectivity index is 1.72. The summed E-state index contributed by atoms with van der Waals surface area (Å²) in [6, 6.07) is 29.3. The molecule has 4 rings (SSSR count). The number of carbonyl (C=O) groups excluding carboxylic acids is 2. The molecule has 0 bridgehead atoms. The summed E-state index contributed by atoms with van der Waals surface area (Å²) in [5, 5.41) is 0. The van der Waals surface area contributed by atoms with Crippen LogP contribution in [0.4, 0.5) is 0 Å². The van der Waals surface area contributed by atoms with Gasteiger partial charge in [0.2, 0.25) is 0 Å². The van der Waals surface area contributed by atoms with Gasteiger partial charge in [0.15, 0.2) is 6.29 Å². The molecule has 0 aliphatic carbocycles. The van der Waals surface area contributed by atoms with Crippen LogP contribution in [-0.4, -0.2) is 62.5 Å². The molecular weight excluding hydrogens is 576 g/mol. The molecule has 0 spiro atoms. The van der Waals surface area contributed by atoms with Gasteiger partial charge in [0.05, 0.1) is 25.9 Å². The molecule has 1 aliphatic heterocycles. The Hall–Kier alpha value is -3.86. The number of hydrogen-bond acceptors (Lipinski definition) is 9. The highest BCUT2D eigenvalue weighted by Crippen LogP contribution is 2.36. The van der Waals surface area contributed by atoms with Crippen LogP contribution in [0.25, 0.3) is 0 Å². The summed E-state index contributed by atoms with van der Waals surface area (Å²) in [7, 11) is 1.53. The van der Waals surface area contributed by atoms with Crippen LogP contribution in [0.3, 0.4) is 0 Å². The maximum atomic E-state index is 12.2. The molecule has 3 aromatic carbocycles. The first-order valence-corrected chi connectivity index (χ1v) is 15.0. The topological polar surface area (TPSA) is 98.8 Å². The summed E-state index contributed by atoms with van der Waals surface area (Å²) in [5.74, 6) is -1.73. The highest BCUT2D eigenvalue weighted by molar-refractivity contribution is 5.67. The first-order valence-electron chi connectivity index (χ1n) is 15.0. The lowest BCUT2D eigenvalue weighted by Crippen LogP contribution is -2.63. The third-order valence-corrected chi connectivity index (χ3v) is 7.47. The molecule has 1 fully saturated rings.